The third-order valence-electron chi connectivity index (χ3n) is 5.27. The number of likely N-dealkylation sites (tertiary alicyclic amines) is 2. The molecule has 0 bridgehead atoms. The summed E-state index contributed by atoms with van der Waals surface area (Å²) in [7, 11) is 0. The number of amides is 2. The van der Waals surface area contributed by atoms with Gasteiger partial charge in [-0.05, 0) is 25.9 Å². The fourth-order valence-electron chi connectivity index (χ4n) is 3.86. The van der Waals surface area contributed by atoms with Crippen molar-refractivity contribution in [2.75, 3.05) is 45.9 Å². The third-order valence-corrected chi connectivity index (χ3v) is 5.27. The van der Waals surface area contributed by atoms with Crippen molar-refractivity contribution in [2.24, 2.45) is 0 Å². The smallest absolute Gasteiger partial charge is 0.317 e. The molecule has 6 heteroatoms. The molecular weight excluding hydrogens is 282 g/mol. The van der Waals surface area contributed by atoms with Gasteiger partial charge in [-0.15, -0.1) is 0 Å². The predicted molar refractivity (Wildman–Crippen MR) is 83.7 cm³/mol. The van der Waals surface area contributed by atoms with Crippen LogP contribution in [0.5, 0.6) is 0 Å². The first-order valence-corrected chi connectivity index (χ1v) is 8.77. The topological polar surface area (TPSA) is 54.0 Å². The molecule has 1 spiro atoms. The summed E-state index contributed by atoms with van der Waals surface area (Å²) >= 11 is 0. The monoisotopic (exact) mass is 311 g/mol. The number of hydrogen-bond donors (Lipinski definition) is 1. The molecule has 0 aromatic carbocycles. The van der Waals surface area contributed by atoms with Crippen LogP contribution in [0.3, 0.4) is 0 Å². The highest BCUT2D eigenvalue weighted by atomic mass is 16.7. The molecule has 3 fully saturated rings. The lowest BCUT2D eigenvalue weighted by Gasteiger charge is -2.38. The lowest BCUT2D eigenvalue weighted by Crippen LogP contribution is -2.53. The number of piperidine rings is 2. The van der Waals surface area contributed by atoms with Crippen LogP contribution < -0.4 is 5.32 Å². The van der Waals surface area contributed by atoms with Crippen molar-refractivity contribution in [3.05, 3.63) is 0 Å². The van der Waals surface area contributed by atoms with Gasteiger partial charge < -0.3 is 19.7 Å². The van der Waals surface area contributed by atoms with Gasteiger partial charge in [0.05, 0.1) is 13.2 Å². The number of urea groups is 1. The van der Waals surface area contributed by atoms with E-state index in [1.807, 2.05) is 4.90 Å². The summed E-state index contributed by atoms with van der Waals surface area (Å²) in [4.78, 5) is 16.7. The Hall–Kier alpha value is -0.850. The number of carbonyl (C=O) groups excluding carboxylic acids is 1. The van der Waals surface area contributed by atoms with Crippen LogP contribution in [0.25, 0.3) is 0 Å². The number of hydrogen-bond acceptors (Lipinski definition) is 4. The molecule has 0 aromatic rings. The van der Waals surface area contributed by atoms with E-state index in [9.17, 15) is 4.79 Å². The van der Waals surface area contributed by atoms with Gasteiger partial charge in [0, 0.05) is 38.5 Å². The first-order valence-electron chi connectivity index (χ1n) is 8.77. The number of likely N-dealkylation sites (N-methyl/N-ethyl adjacent to an activating group) is 1. The summed E-state index contributed by atoms with van der Waals surface area (Å²) in [6.07, 6.45) is 5.32. The SMILES string of the molecule is CCN1CCCC[C@H]1CNC(=O)N1CCC2(CC1)OCCO2. The number of carbonyl (C=O) groups is 1. The van der Waals surface area contributed by atoms with Crippen molar-refractivity contribution in [3.63, 3.8) is 0 Å². The van der Waals surface area contributed by atoms with Crippen molar-refractivity contribution >= 4 is 6.03 Å². The number of nitrogens with zero attached hydrogens (tertiary/aromatic N) is 2. The van der Waals surface area contributed by atoms with E-state index in [1.54, 1.807) is 0 Å². The molecule has 3 heterocycles. The van der Waals surface area contributed by atoms with Gasteiger partial charge in [-0.3, -0.25) is 4.90 Å². The van der Waals surface area contributed by atoms with Crippen molar-refractivity contribution < 1.29 is 14.3 Å². The summed E-state index contributed by atoms with van der Waals surface area (Å²) in [6, 6.07) is 0.565. The number of rotatable bonds is 3. The zero-order chi connectivity index (χ0) is 15.4. The van der Waals surface area contributed by atoms with Crippen LogP contribution in [0.4, 0.5) is 4.79 Å². The molecule has 1 atom stereocenters. The van der Waals surface area contributed by atoms with Crippen molar-refractivity contribution in [3.8, 4) is 0 Å². The van der Waals surface area contributed by atoms with Gasteiger partial charge in [0.1, 0.15) is 0 Å². The Labute approximate surface area is 133 Å². The van der Waals surface area contributed by atoms with E-state index in [-0.39, 0.29) is 6.03 Å². The quantitative estimate of drug-likeness (QED) is 0.856. The van der Waals surface area contributed by atoms with E-state index >= 15 is 0 Å². The van der Waals surface area contributed by atoms with Crippen LogP contribution in [0.2, 0.25) is 0 Å². The third kappa shape index (κ3) is 3.55. The summed E-state index contributed by atoms with van der Waals surface area (Å²) < 4.78 is 11.4. The minimum Gasteiger partial charge on any atom is -0.347 e. The molecule has 0 aliphatic carbocycles. The molecule has 0 unspecified atom stereocenters. The Morgan fingerprint density at radius 1 is 1.18 bits per heavy atom. The molecule has 3 saturated heterocycles. The minimum absolute atomic E-state index is 0.0643. The molecule has 0 saturated carbocycles. The summed E-state index contributed by atoms with van der Waals surface area (Å²) in [5, 5.41) is 3.13. The normalized spacial score (nSPS) is 29.0. The molecule has 6 nitrogen and oxygen atoms in total. The van der Waals surface area contributed by atoms with Crippen molar-refractivity contribution in [1.82, 2.24) is 15.1 Å². The van der Waals surface area contributed by atoms with Gasteiger partial charge in [0.25, 0.3) is 0 Å². The van der Waals surface area contributed by atoms with Gasteiger partial charge in [0.2, 0.25) is 0 Å². The van der Waals surface area contributed by atoms with Crippen molar-refractivity contribution in [1.29, 1.82) is 0 Å². The van der Waals surface area contributed by atoms with Gasteiger partial charge in [-0.1, -0.05) is 13.3 Å². The van der Waals surface area contributed by atoms with E-state index in [4.69, 9.17) is 9.47 Å². The minimum atomic E-state index is -0.404. The zero-order valence-electron chi connectivity index (χ0n) is 13.7. The fraction of sp³-hybridized carbons (Fsp3) is 0.938. The average molecular weight is 311 g/mol. The molecular formula is C16H29N3O3. The average Bonchev–Trinajstić information content (AvgIpc) is 3.01. The van der Waals surface area contributed by atoms with Gasteiger partial charge in [0.15, 0.2) is 5.79 Å². The van der Waals surface area contributed by atoms with Gasteiger partial charge in [-0.25, -0.2) is 4.79 Å². The molecule has 3 rings (SSSR count). The lowest BCUT2D eigenvalue weighted by molar-refractivity contribution is -0.181. The molecule has 0 radical (unpaired) electrons. The Morgan fingerprint density at radius 2 is 1.91 bits per heavy atom. The van der Waals surface area contributed by atoms with E-state index < -0.39 is 5.79 Å². The maximum absolute atomic E-state index is 12.4. The van der Waals surface area contributed by atoms with Crippen LogP contribution >= 0.6 is 0 Å². The highest BCUT2D eigenvalue weighted by molar-refractivity contribution is 5.74. The van der Waals surface area contributed by atoms with Crippen LogP contribution in [0.1, 0.15) is 39.0 Å². The molecule has 1 N–H and O–H groups in total. The summed E-state index contributed by atoms with van der Waals surface area (Å²) in [6.45, 7) is 8.00. The Balaban J connectivity index is 1.42. The maximum Gasteiger partial charge on any atom is 0.317 e. The second-order valence-corrected chi connectivity index (χ2v) is 6.56. The number of ether oxygens (including phenoxy) is 2. The number of nitrogens with one attached hydrogen (secondary N) is 1. The van der Waals surface area contributed by atoms with Crippen molar-refractivity contribution in [2.45, 2.75) is 50.9 Å². The van der Waals surface area contributed by atoms with E-state index in [1.165, 1.54) is 19.3 Å². The predicted octanol–water partition coefficient (Wildman–Crippen LogP) is 1.41. The molecule has 3 aliphatic heterocycles. The van der Waals surface area contributed by atoms with Gasteiger partial charge >= 0.3 is 6.03 Å². The molecule has 126 valence electrons. The molecule has 3 aliphatic rings. The standard InChI is InChI=1S/C16H29N3O3/c1-2-18-8-4-3-5-14(18)13-17-15(20)19-9-6-16(7-10-19)21-11-12-22-16/h14H,2-13H2,1H3,(H,17,20)/t14-/m0/s1. The molecule has 22 heavy (non-hydrogen) atoms. The first-order chi connectivity index (χ1) is 10.7. The van der Waals surface area contributed by atoms with Crippen LogP contribution in [0.15, 0.2) is 0 Å². The maximum atomic E-state index is 12.4. The van der Waals surface area contributed by atoms with E-state index in [0.717, 1.165) is 32.5 Å². The summed E-state index contributed by atoms with van der Waals surface area (Å²) in [5.74, 6) is -0.404. The van der Waals surface area contributed by atoms with Crippen LogP contribution in [0, 0.1) is 0 Å². The molecule has 2 amide bonds. The summed E-state index contributed by atoms with van der Waals surface area (Å²) in [5.41, 5.74) is 0. The highest BCUT2D eigenvalue weighted by Crippen LogP contribution is 2.31. The Kier molecular flexibility index (Phi) is 5.21. The zero-order valence-corrected chi connectivity index (χ0v) is 13.7. The van der Waals surface area contributed by atoms with E-state index in [2.05, 4.69) is 17.1 Å². The highest BCUT2D eigenvalue weighted by Gasteiger charge is 2.40. The van der Waals surface area contributed by atoms with Crippen LogP contribution in [-0.4, -0.2) is 73.6 Å². The second-order valence-electron chi connectivity index (χ2n) is 6.56. The van der Waals surface area contributed by atoms with Gasteiger partial charge in [-0.2, -0.15) is 0 Å². The van der Waals surface area contributed by atoms with E-state index in [0.29, 0.717) is 32.3 Å². The Bertz CT molecular complexity index is 375. The van der Waals surface area contributed by atoms with Crippen LogP contribution in [-0.2, 0) is 9.47 Å². The fourth-order valence-corrected chi connectivity index (χ4v) is 3.86. The first kappa shape index (κ1) is 16.0. The lowest BCUT2D eigenvalue weighted by atomic mass is 10.0. The largest absolute Gasteiger partial charge is 0.347 e. The molecule has 0 aromatic heterocycles. The Morgan fingerprint density at radius 3 is 2.59 bits per heavy atom. The second kappa shape index (κ2) is 7.15.